The molecule has 0 unspecified atom stereocenters. The second-order valence-corrected chi connectivity index (χ2v) is 8.42. The molecule has 0 bridgehead atoms. The van der Waals surface area contributed by atoms with Crippen LogP contribution in [0.4, 0.5) is 4.39 Å². The van der Waals surface area contributed by atoms with Crippen LogP contribution in [0.5, 0.6) is 17.4 Å². The quantitative estimate of drug-likeness (QED) is 0.477. The first kappa shape index (κ1) is 22.7. The molecule has 0 atom stereocenters. The summed E-state index contributed by atoms with van der Waals surface area (Å²) in [5.74, 6) is 0.938. The molecular formula is C22H23FN2O5S. The molecule has 1 aromatic heterocycles. The summed E-state index contributed by atoms with van der Waals surface area (Å²) in [5.41, 5.74) is 1.37. The van der Waals surface area contributed by atoms with Gasteiger partial charge in [-0.05, 0) is 66.6 Å². The summed E-state index contributed by atoms with van der Waals surface area (Å²) in [4.78, 5) is 4.24. The van der Waals surface area contributed by atoms with Crippen molar-refractivity contribution in [1.29, 1.82) is 0 Å². The number of ether oxygens (including phenoxy) is 3. The molecule has 0 aliphatic heterocycles. The van der Waals surface area contributed by atoms with Crippen molar-refractivity contribution in [2.45, 2.75) is 18.4 Å². The van der Waals surface area contributed by atoms with Crippen molar-refractivity contribution in [2.24, 2.45) is 0 Å². The maximum absolute atomic E-state index is 13.0. The molecular weight excluding hydrogens is 423 g/mol. The third kappa shape index (κ3) is 6.48. The molecule has 7 nitrogen and oxygen atoms in total. The SMILES string of the molecule is COCCOc1ccc(S(=O)(=O)NCc2ccnc(Oc3ccc(F)cc3)c2)cc1C. The number of methoxy groups -OCH3 is 1. The molecule has 0 saturated heterocycles. The zero-order valence-electron chi connectivity index (χ0n) is 17.2. The molecule has 0 aliphatic carbocycles. The van der Waals surface area contributed by atoms with Crippen LogP contribution in [0, 0.1) is 12.7 Å². The lowest BCUT2D eigenvalue weighted by atomic mass is 10.2. The number of rotatable bonds is 10. The van der Waals surface area contributed by atoms with Crippen LogP contribution < -0.4 is 14.2 Å². The number of aromatic nitrogens is 1. The zero-order chi connectivity index (χ0) is 22.3. The normalized spacial score (nSPS) is 11.3. The fraction of sp³-hybridized carbons (Fsp3) is 0.227. The number of hydrogen-bond donors (Lipinski definition) is 1. The number of sulfonamides is 1. The topological polar surface area (TPSA) is 86.8 Å². The van der Waals surface area contributed by atoms with Crippen LogP contribution in [0.15, 0.2) is 65.7 Å². The standard InChI is InChI=1S/C22H23FN2O5S/c1-16-13-20(7-8-21(16)29-12-11-28-2)31(26,27)25-15-17-9-10-24-22(14-17)30-19-5-3-18(23)4-6-19/h3-10,13-14,25H,11-12,15H2,1-2H3. The van der Waals surface area contributed by atoms with E-state index >= 15 is 0 Å². The lowest BCUT2D eigenvalue weighted by Crippen LogP contribution is -2.23. The average molecular weight is 447 g/mol. The van der Waals surface area contributed by atoms with Crippen molar-refractivity contribution >= 4 is 10.0 Å². The monoisotopic (exact) mass is 446 g/mol. The van der Waals surface area contributed by atoms with Gasteiger partial charge in [0.05, 0.1) is 11.5 Å². The number of pyridine rings is 1. The van der Waals surface area contributed by atoms with Gasteiger partial charge in [-0.1, -0.05) is 0 Å². The zero-order valence-corrected chi connectivity index (χ0v) is 18.0. The summed E-state index contributed by atoms with van der Waals surface area (Å²) < 4.78 is 57.0. The Balaban J connectivity index is 1.64. The van der Waals surface area contributed by atoms with Crippen molar-refractivity contribution in [3.8, 4) is 17.4 Å². The molecule has 0 fully saturated rings. The van der Waals surface area contributed by atoms with Crippen molar-refractivity contribution in [3.05, 3.63) is 77.7 Å². The van der Waals surface area contributed by atoms with Gasteiger partial charge in [-0.15, -0.1) is 0 Å². The van der Waals surface area contributed by atoms with Gasteiger partial charge in [-0.3, -0.25) is 0 Å². The Morgan fingerprint density at radius 1 is 1.03 bits per heavy atom. The Morgan fingerprint density at radius 3 is 2.52 bits per heavy atom. The third-order valence-corrected chi connectivity index (χ3v) is 5.70. The van der Waals surface area contributed by atoms with Gasteiger partial charge >= 0.3 is 0 Å². The molecule has 0 radical (unpaired) electrons. The number of hydrogen-bond acceptors (Lipinski definition) is 6. The number of benzene rings is 2. The van der Waals surface area contributed by atoms with E-state index in [1.807, 2.05) is 0 Å². The number of aryl methyl sites for hydroxylation is 1. The summed E-state index contributed by atoms with van der Waals surface area (Å²) in [6.07, 6.45) is 1.51. The van der Waals surface area contributed by atoms with Crippen LogP contribution >= 0.6 is 0 Å². The average Bonchev–Trinajstić information content (AvgIpc) is 2.75. The van der Waals surface area contributed by atoms with Crippen LogP contribution in [0.1, 0.15) is 11.1 Å². The van der Waals surface area contributed by atoms with Gasteiger partial charge < -0.3 is 14.2 Å². The van der Waals surface area contributed by atoms with Gasteiger partial charge in [-0.25, -0.2) is 22.5 Å². The first-order valence-electron chi connectivity index (χ1n) is 9.48. The Kier molecular flexibility index (Phi) is 7.56. The number of halogens is 1. The Labute approximate surface area is 180 Å². The first-order chi connectivity index (χ1) is 14.9. The minimum absolute atomic E-state index is 0.0514. The van der Waals surface area contributed by atoms with Crippen molar-refractivity contribution in [3.63, 3.8) is 0 Å². The molecule has 31 heavy (non-hydrogen) atoms. The van der Waals surface area contributed by atoms with Crippen LogP contribution in [-0.2, 0) is 21.3 Å². The smallest absolute Gasteiger partial charge is 0.240 e. The van der Waals surface area contributed by atoms with Crippen LogP contribution in [0.3, 0.4) is 0 Å². The van der Waals surface area contributed by atoms with Gasteiger partial charge in [-0.2, -0.15) is 0 Å². The molecule has 2 aromatic carbocycles. The molecule has 1 N–H and O–H groups in total. The van der Waals surface area contributed by atoms with E-state index in [2.05, 4.69) is 9.71 Å². The fourth-order valence-corrected chi connectivity index (χ4v) is 3.79. The Morgan fingerprint density at radius 2 is 1.81 bits per heavy atom. The predicted molar refractivity (Wildman–Crippen MR) is 113 cm³/mol. The molecule has 0 saturated carbocycles. The van der Waals surface area contributed by atoms with Crippen LogP contribution in [-0.4, -0.2) is 33.7 Å². The number of nitrogens with zero attached hydrogens (tertiary/aromatic N) is 1. The molecule has 164 valence electrons. The minimum atomic E-state index is -3.73. The summed E-state index contributed by atoms with van der Waals surface area (Å²) >= 11 is 0. The van der Waals surface area contributed by atoms with E-state index in [-0.39, 0.29) is 23.1 Å². The summed E-state index contributed by atoms with van der Waals surface area (Å²) in [6, 6.07) is 13.5. The van der Waals surface area contributed by atoms with Crippen molar-refractivity contribution < 1.29 is 27.0 Å². The van der Waals surface area contributed by atoms with Gasteiger partial charge in [0, 0.05) is 25.9 Å². The molecule has 0 amide bonds. The lowest BCUT2D eigenvalue weighted by Gasteiger charge is -2.12. The summed E-state index contributed by atoms with van der Waals surface area (Å²) in [7, 11) is -2.15. The maximum Gasteiger partial charge on any atom is 0.240 e. The van der Waals surface area contributed by atoms with Gasteiger partial charge in [0.1, 0.15) is 23.9 Å². The largest absolute Gasteiger partial charge is 0.491 e. The van der Waals surface area contributed by atoms with Gasteiger partial charge in [0.15, 0.2) is 0 Å². The van der Waals surface area contributed by atoms with Gasteiger partial charge in [0.2, 0.25) is 15.9 Å². The highest BCUT2D eigenvalue weighted by Crippen LogP contribution is 2.23. The highest BCUT2D eigenvalue weighted by molar-refractivity contribution is 7.89. The molecule has 0 spiro atoms. The first-order valence-corrected chi connectivity index (χ1v) is 11.0. The van der Waals surface area contributed by atoms with Crippen LogP contribution in [0.2, 0.25) is 0 Å². The third-order valence-electron chi connectivity index (χ3n) is 4.30. The van der Waals surface area contributed by atoms with E-state index in [0.717, 1.165) is 0 Å². The Bertz CT molecular complexity index is 1120. The molecule has 0 aliphatic rings. The number of nitrogens with one attached hydrogen (secondary N) is 1. The molecule has 9 heteroatoms. The lowest BCUT2D eigenvalue weighted by molar-refractivity contribution is 0.146. The molecule has 3 rings (SSSR count). The second-order valence-electron chi connectivity index (χ2n) is 6.65. The predicted octanol–water partition coefficient (Wildman–Crippen LogP) is 3.83. The highest BCUT2D eigenvalue weighted by atomic mass is 32.2. The van der Waals surface area contributed by atoms with Gasteiger partial charge in [0.25, 0.3) is 0 Å². The van der Waals surface area contributed by atoms with E-state index in [4.69, 9.17) is 14.2 Å². The molecule has 1 heterocycles. The van der Waals surface area contributed by atoms with E-state index in [0.29, 0.717) is 35.8 Å². The fourth-order valence-electron chi connectivity index (χ4n) is 2.69. The van der Waals surface area contributed by atoms with E-state index in [9.17, 15) is 12.8 Å². The minimum Gasteiger partial charge on any atom is -0.491 e. The molecule has 3 aromatic rings. The van der Waals surface area contributed by atoms with E-state index in [1.165, 1.54) is 36.5 Å². The maximum atomic E-state index is 13.0. The van der Waals surface area contributed by atoms with Crippen molar-refractivity contribution in [1.82, 2.24) is 9.71 Å². The second kappa shape index (κ2) is 10.3. The highest BCUT2D eigenvalue weighted by Gasteiger charge is 2.16. The summed E-state index contributed by atoms with van der Waals surface area (Å²) in [6.45, 7) is 2.66. The van der Waals surface area contributed by atoms with Crippen LogP contribution in [0.25, 0.3) is 0 Å². The van der Waals surface area contributed by atoms with E-state index in [1.54, 1.807) is 38.3 Å². The van der Waals surface area contributed by atoms with Crippen molar-refractivity contribution in [2.75, 3.05) is 20.3 Å². The van der Waals surface area contributed by atoms with E-state index < -0.39 is 10.0 Å². The Hall–Kier alpha value is -3.01. The summed E-state index contributed by atoms with van der Waals surface area (Å²) in [5, 5.41) is 0.